The predicted octanol–water partition coefficient (Wildman–Crippen LogP) is 2.20. The van der Waals surface area contributed by atoms with E-state index >= 15 is 0 Å². The second-order valence-corrected chi connectivity index (χ2v) is 4.98. The molecule has 1 rings (SSSR count). The van der Waals surface area contributed by atoms with Gasteiger partial charge >= 0.3 is 5.97 Å². The average Bonchev–Trinajstić information content (AvgIpc) is 2.44. The van der Waals surface area contributed by atoms with Crippen LogP contribution >= 0.6 is 0 Å². The lowest BCUT2D eigenvalue weighted by atomic mass is 10.1. The van der Waals surface area contributed by atoms with E-state index in [9.17, 15) is 9.90 Å². The summed E-state index contributed by atoms with van der Waals surface area (Å²) in [4.78, 5) is 11.4. The quantitative estimate of drug-likeness (QED) is 0.750. The third kappa shape index (κ3) is 4.74. The zero-order chi connectivity index (χ0) is 15.2. The zero-order valence-electron chi connectivity index (χ0n) is 12.5. The Balaban J connectivity index is 2.65. The number of benzene rings is 1. The van der Waals surface area contributed by atoms with E-state index in [2.05, 4.69) is 17.0 Å². The molecule has 0 aromatic heterocycles. The summed E-state index contributed by atoms with van der Waals surface area (Å²) >= 11 is 0. The second-order valence-electron chi connectivity index (χ2n) is 4.98. The molecule has 0 spiro atoms. The summed E-state index contributed by atoms with van der Waals surface area (Å²) in [5.41, 5.74) is -0.794. The highest BCUT2D eigenvalue weighted by molar-refractivity contribution is 5.79. The van der Waals surface area contributed by atoms with E-state index in [4.69, 9.17) is 4.74 Å². The number of hydrogen-bond acceptors (Lipinski definition) is 5. The number of nitrogens with one attached hydrogen (secondary N) is 1. The average molecular weight is 281 g/mol. The maximum absolute atomic E-state index is 11.4. The zero-order valence-corrected chi connectivity index (χ0v) is 12.5. The van der Waals surface area contributed by atoms with Crippen LogP contribution in [0.1, 0.15) is 27.2 Å². The highest BCUT2D eigenvalue weighted by Crippen LogP contribution is 2.20. The van der Waals surface area contributed by atoms with Gasteiger partial charge in [-0.2, -0.15) is 0 Å². The Kier molecular flexibility index (Phi) is 5.82. The van der Waals surface area contributed by atoms with E-state index in [1.165, 1.54) is 14.0 Å². The molecule has 5 heteroatoms. The molecule has 0 aliphatic heterocycles. The van der Waals surface area contributed by atoms with Gasteiger partial charge in [0.25, 0.3) is 0 Å². The van der Waals surface area contributed by atoms with Gasteiger partial charge < -0.3 is 19.9 Å². The van der Waals surface area contributed by atoms with Crippen molar-refractivity contribution in [2.75, 3.05) is 19.0 Å². The van der Waals surface area contributed by atoms with Gasteiger partial charge in [0, 0.05) is 11.8 Å². The van der Waals surface area contributed by atoms with Crippen molar-refractivity contribution in [1.82, 2.24) is 0 Å². The molecular weight excluding hydrogens is 258 g/mol. The fourth-order valence-corrected chi connectivity index (χ4v) is 1.56. The van der Waals surface area contributed by atoms with E-state index in [1.54, 1.807) is 0 Å². The lowest BCUT2D eigenvalue weighted by molar-refractivity contribution is -0.158. The summed E-state index contributed by atoms with van der Waals surface area (Å²) < 4.78 is 10.3. The molecule has 0 saturated heterocycles. The first-order valence-corrected chi connectivity index (χ1v) is 6.70. The van der Waals surface area contributed by atoms with Crippen molar-refractivity contribution in [2.24, 2.45) is 0 Å². The molecule has 0 heterocycles. The summed E-state index contributed by atoms with van der Waals surface area (Å²) in [6.45, 7) is 5.53. The van der Waals surface area contributed by atoms with Gasteiger partial charge in [-0.1, -0.05) is 13.0 Å². The molecule has 20 heavy (non-hydrogen) atoms. The molecule has 0 saturated carbocycles. The number of carbonyl (C=O) groups is 1. The first-order valence-electron chi connectivity index (χ1n) is 6.70. The topological polar surface area (TPSA) is 67.8 Å². The second kappa shape index (κ2) is 7.14. The molecule has 112 valence electrons. The van der Waals surface area contributed by atoms with Crippen LogP contribution in [0.2, 0.25) is 0 Å². The summed E-state index contributed by atoms with van der Waals surface area (Å²) in [6, 6.07) is 7.40. The van der Waals surface area contributed by atoms with Gasteiger partial charge in [-0.15, -0.1) is 0 Å². The summed E-state index contributed by atoms with van der Waals surface area (Å²) in [6.07, 6.45) is 1.07. The predicted molar refractivity (Wildman–Crippen MR) is 78.0 cm³/mol. The van der Waals surface area contributed by atoms with Crippen LogP contribution in [0, 0.1) is 0 Å². The molecule has 0 aliphatic rings. The number of ether oxygens (including phenoxy) is 2. The van der Waals surface area contributed by atoms with Gasteiger partial charge in [-0.3, -0.25) is 0 Å². The first-order chi connectivity index (χ1) is 9.39. The smallest absolute Gasteiger partial charge is 0.339 e. The minimum Gasteiger partial charge on any atom is -0.491 e. The van der Waals surface area contributed by atoms with Gasteiger partial charge in [-0.05, 0) is 32.4 Å². The lowest BCUT2D eigenvalue weighted by Crippen LogP contribution is -2.42. The number of anilines is 1. The van der Waals surface area contributed by atoms with E-state index in [0.29, 0.717) is 0 Å². The van der Waals surface area contributed by atoms with Crippen LogP contribution in [-0.4, -0.2) is 36.4 Å². The molecule has 0 aliphatic carbocycles. The monoisotopic (exact) mass is 281 g/mol. The Morgan fingerprint density at radius 3 is 2.80 bits per heavy atom. The standard InChI is InChI=1S/C15H23NO4/c1-5-11(2)20-13-8-6-7-12(9-13)16-10-15(3,18)14(17)19-4/h6-9,11,16,18H,5,10H2,1-4H3. The maximum Gasteiger partial charge on any atom is 0.339 e. The van der Waals surface area contributed by atoms with Crippen LogP contribution < -0.4 is 10.1 Å². The fraction of sp³-hybridized carbons (Fsp3) is 0.533. The summed E-state index contributed by atoms with van der Waals surface area (Å²) in [7, 11) is 1.25. The molecule has 2 atom stereocenters. The lowest BCUT2D eigenvalue weighted by Gasteiger charge is -2.21. The Morgan fingerprint density at radius 1 is 1.50 bits per heavy atom. The van der Waals surface area contributed by atoms with Crippen molar-refractivity contribution < 1.29 is 19.4 Å². The largest absolute Gasteiger partial charge is 0.491 e. The van der Waals surface area contributed by atoms with E-state index in [0.717, 1.165) is 17.9 Å². The number of rotatable bonds is 7. The van der Waals surface area contributed by atoms with Crippen LogP contribution in [0.25, 0.3) is 0 Å². The van der Waals surface area contributed by atoms with Crippen molar-refractivity contribution in [3.05, 3.63) is 24.3 Å². The van der Waals surface area contributed by atoms with Crippen LogP contribution in [0.4, 0.5) is 5.69 Å². The highest BCUT2D eigenvalue weighted by atomic mass is 16.5. The van der Waals surface area contributed by atoms with Crippen LogP contribution in [0.5, 0.6) is 5.75 Å². The van der Waals surface area contributed by atoms with Gasteiger partial charge in [0.1, 0.15) is 5.75 Å². The van der Waals surface area contributed by atoms with Crippen LogP contribution in [0.15, 0.2) is 24.3 Å². The van der Waals surface area contributed by atoms with Crippen molar-refractivity contribution >= 4 is 11.7 Å². The van der Waals surface area contributed by atoms with E-state index in [1.807, 2.05) is 31.2 Å². The fourth-order valence-electron chi connectivity index (χ4n) is 1.56. The van der Waals surface area contributed by atoms with Crippen molar-refractivity contribution in [2.45, 2.75) is 38.9 Å². The van der Waals surface area contributed by atoms with Gasteiger partial charge in [0.2, 0.25) is 0 Å². The maximum atomic E-state index is 11.4. The van der Waals surface area contributed by atoms with Gasteiger partial charge in [0.15, 0.2) is 5.60 Å². The SMILES string of the molecule is CCC(C)Oc1cccc(NCC(C)(O)C(=O)OC)c1. The number of hydrogen-bond donors (Lipinski definition) is 2. The molecule has 2 unspecified atom stereocenters. The molecular formula is C15H23NO4. The number of methoxy groups -OCH3 is 1. The summed E-state index contributed by atoms with van der Waals surface area (Å²) in [5.74, 6) is 0.0825. The van der Waals surface area contributed by atoms with Crippen molar-refractivity contribution in [3.8, 4) is 5.75 Å². The van der Waals surface area contributed by atoms with Crippen LogP contribution in [-0.2, 0) is 9.53 Å². The number of aliphatic hydroxyl groups is 1. The normalized spacial score (nSPS) is 15.1. The van der Waals surface area contributed by atoms with Crippen molar-refractivity contribution in [3.63, 3.8) is 0 Å². The molecule has 0 radical (unpaired) electrons. The molecule has 5 nitrogen and oxygen atoms in total. The Bertz CT molecular complexity index is 445. The van der Waals surface area contributed by atoms with Gasteiger partial charge in [-0.25, -0.2) is 4.79 Å². The molecule has 0 bridgehead atoms. The first kappa shape index (κ1) is 16.3. The minimum absolute atomic E-state index is 0.0620. The molecule has 1 aromatic rings. The molecule has 2 N–H and O–H groups in total. The number of esters is 1. The van der Waals surface area contributed by atoms with E-state index in [-0.39, 0.29) is 12.6 Å². The summed E-state index contributed by atoms with van der Waals surface area (Å²) in [5, 5.41) is 12.9. The Labute approximate surface area is 119 Å². The van der Waals surface area contributed by atoms with Gasteiger partial charge in [0.05, 0.1) is 19.8 Å². The Morgan fingerprint density at radius 2 is 2.20 bits per heavy atom. The molecule has 0 amide bonds. The van der Waals surface area contributed by atoms with Crippen LogP contribution in [0.3, 0.4) is 0 Å². The Hall–Kier alpha value is -1.75. The minimum atomic E-state index is -1.57. The number of carbonyl (C=O) groups excluding carboxylic acids is 1. The molecule has 0 fully saturated rings. The third-order valence-corrected chi connectivity index (χ3v) is 3.01. The molecule has 1 aromatic carbocycles. The van der Waals surface area contributed by atoms with Crippen molar-refractivity contribution in [1.29, 1.82) is 0 Å². The van der Waals surface area contributed by atoms with E-state index < -0.39 is 11.6 Å². The highest BCUT2D eigenvalue weighted by Gasteiger charge is 2.31. The third-order valence-electron chi connectivity index (χ3n) is 3.01.